The lowest BCUT2D eigenvalue weighted by molar-refractivity contribution is 0.421. The molecule has 0 spiro atoms. The number of aromatic nitrogens is 2. The fourth-order valence-electron chi connectivity index (χ4n) is 2.03. The highest BCUT2D eigenvalue weighted by Crippen LogP contribution is 2.30. The molecule has 0 unspecified atom stereocenters. The second-order valence-corrected chi connectivity index (χ2v) is 5.86. The summed E-state index contributed by atoms with van der Waals surface area (Å²) in [6, 6.07) is 8.00. The van der Waals surface area contributed by atoms with Gasteiger partial charge in [0, 0.05) is 13.6 Å². The summed E-state index contributed by atoms with van der Waals surface area (Å²) in [7, 11) is 1.92. The van der Waals surface area contributed by atoms with Crippen LogP contribution in [0.3, 0.4) is 0 Å². The lowest BCUT2D eigenvalue weighted by Gasteiger charge is -2.10. The summed E-state index contributed by atoms with van der Waals surface area (Å²) in [5.41, 5.74) is 2.14. The molecular weight excluding hydrogens is 365 g/mol. The molecule has 1 aromatic carbocycles. The predicted octanol–water partition coefficient (Wildman–Crippen LogP) is 3.63. The quantitative estimate of drug-likeness (QED) is 0.610. The first-order chi connectivity index (χ1) is 9.63. The number of para-hydroxylation sites is 1. The van der Waals surface area contributed by atoms with Crippen LogP contribution in [0.4, 0.5) is 0 Å². The van der Waals surface area contributed by atoms with Crippen LogP contribution in [0, 0.1) is 10.5 Å². The van der Waals surface area contributed by atoms with E-state index in [1.165, 1.54) is 0 Å². The maximum Gasteiger partial charge on any atom is 0.222 e. The van der Waals surface area contributed by atoms with E-state index in [2.05, 4.69) is 39.9 Å². The van der Waals surface area contributed by atoms with Gasteiger partial charge in [0.2, 0.25) is 5.88 Å². The molecule has 0 amide bonds. The van der Waals surface area contributed by atoms with Gasteiger partial charge in [-0.15, -0.1) is 0 Å². The molecule has 108 valence electrons. The third-order valence-corrected chi connectivity index (χ3v) is 3.95. The van der Waals surface area contributed by atoms with Gasteiger partial charge >= 0.3 is 0 Å². The number of nitrogens with zero attached hydrogens (tertiary/aromatic N) is 2. The fraction of sp³-hybridized carbons (Fsp3) is 0.400. The molecule has 4 nitrogen and oxygen atoms in total. The van der Waals surface area contributed by atoms with Gasteiger partial charge in [-0.25, -0.2) is 4.68 Å². The van der Waals surface area contributed by atoms with Crippen molar-refractivity contribution in [2.45, 2.75) is 26.8 Å². The third kappa shape index (κ3) is 3.52. The van der Waals surface area contributed by atoms with Gasteiger partial charge in [-0.1, -0.05) is 19.1 Å². The van der Waals surface area contributed by atoms with Crippen molar-refractivity contribution in [1.82, 2.24) is 15.1 Å². The number of hydrogen-bond acceptors (Lipinski definition) is 3. The van der Waals surface area contributed by atoms with Gasteiger partial charge < -0.3 is 10.1 Å². The van der Waals surface area contributed by atoms with Gasteiger partial charge in [0.1, 0.15) is 5.75 Å². The lowest BCUT2D eigenvalue weighted by atomic mass is 10.2. The van der Waals surface area contributed by atoms with Gasteiger partial charge in [0.05, 0.1) is 14.8 Å². The molecule has 5 heteroatoms. The number of nitrogens with one attached hydrogen (secondary N) is 1. The number of benzene rings is 1. The van der Waals surface area contributed by atoms with Crippen LogP contribution in [0.15, 0.2) is 24.3 Å². The van der Waals surface area contributed by atoms with Crippen molar-refractivity contribution in [1.29, 1.82) is 0 Å². The van der Waals surface area contributed by atoms with Crippen LogP contribution in [-0.4, -0.2) is 16.3 Å². The van der Waals surface area contributed by atoms with Crippen LogP contribution >= 0.6 is 22.6 Å². The van der Waals surface area contributed by atoms with Crippen LogP contribution in [0.2, 0.25) is 0 Å². The lowest BCUT2D eigenvalue weighted by Crippen LogP contribution is -2.14. The summed E-state index contributed by atoms with van der Waals surface area (Å²) >= 11 is 2.28. The number of rotatable bonds is 6. The molecule has 20 heavy (non-hydrogen) atoms. The minimum Gasteiger partial charge on any atom is -0.438 e. The molecule has 0 radical (unpaired) electrons. The highest BCUT2D eigenvalue weighted by atomic mass is 127. The molecule has 0 fully saturated rings. The Bertz CT molecular complexity index is 580. The van der Waals surface area contributed by atoms with Crippen molar-refractivity contribution in [3.63, 3.8) is 0 Å². The Balaban J connectivity index is 2.24. The van der Waals surface area contributed by atoms with Gasteiger partial charge in [0.25, 0.3) is 0 Å². The Morgan fingerprint density at radius 2 is 2.10 bits per heavy atom. The molecule has 0 atom stereocenters. The van der Waals surface area contributed by atoms with Crippen molar-refractivity contribution >= 4 is 22.6 Å². The van der Waals surface area contributed by atoms with E-state index in [4.69, 9.17) is 4.74 Å². The molecule has 0 aliphatic carbocycles. The highest BCUT2D eigenvalue weighted by molar-refractivity contribution is 14.1. The van der Waals surface area contributed by atoms with Crippen LogP contribution in [-0.2, 0) is 13.6 Å². The summed E-state index contributed by atoms with van der Waals surface area (Å²) in [5.74, 6) is 1.68. The molecule has 1 N–H and O–H groups in total. The Hall–Kier alpha value is -1.08. The van der Waals surface area contributed by atoms with E-state index >= 15 is 0 Å². The van der Waals surface area contributed by atoms with Crippen molar-refractivity contribution in [3.8, 4) is 11.6 Å². The first-order valence-electron chi connectivity index (χ1n) is 6.79. The van der Waals surface area contributed by atoms with Crippen molar-refractivity contribution in [3.05, 3.63) is 39.1 Å². The molecular formula is C15H20IN3O. The van der Waals surface area contributed by atoms with Crippen LogP contribution in [0.5, 0.6) is 11.6 Å². The average Bonchev–Trinajstić information content (AvgIpc) is 2.68. The summed E-state index contributed by atoms with van der Waals surface area (Å²) < 4.78 is 8.98. The standard InChI is InChI=1S/C15H20IN3O/c1-4-9-17-10-12-11(2)18-19(3)15(12)20-14-8-6-5-7-13(14)16/h5-8,17H,4,9-10H2,1-3H3. The SMILES string of the molecule is CCCNCc1c(C)nn(C)c1Oc1ccccc1I. The molecule has 2 aromatic rings. The van der Waals surface area contributed by atoms with E-state index in [0.717, 1.165) is 46.0 Å². The van der Waals surface area contributed by atoms with Gasteiger partial charge in [-0.2, -0.15) is 5.10 Å². The monoisotopic (exact) mass is 385 g/mol. The van der Waals surface area contributed by atoms with E-state index in [1.54, 1.807) is 4.68 Å². The van der Waals surface area contributed by atoms with Gasteiger partial charge in [0.15, 0.2) is 0 Å². The first-order valence-corrected chi connectivity index (χ1v) is 7.87. The molecule has 0 aliphatic heterocycles. The number of halogens is 1. The molecule has 2 rings (SSSR count). The number of hydrogen-bond donors (Lipinski definition) is 1. The largest absolute Gasteiger partial charge is 0.438 e. The van der Waals surface area contributed by atoms with Crippen LogP contribution in [0.25, 0.3) is 0 Å². The Morgan fingerprint density at radius 3 is 2.80 bits per heavy atom. The zero-order valence-corrected chi connectivity index (χ0v) is 14.3. The van der Waals surface area contributed by atoms with E-state index in [0.29, 0.717) is 0 Å². The summed E-state index contributed by atoms with van der Waals surface area (Å²) in [4.78, 5) is 0. The second kappa shape index (κ2) is 7.08. The molecule has 0 saturated carbocycles. The number of ether oxygens (including phenoxy) is 1. The minimum atomic E-state index is 0.784. The van der Waals surface area contributed by atoms with Crippen molar-refractivity contribution in [2.75, 3.05) is 6.54 Å². The van der Waals surface area contributed by atoms with Gasteiger partial charge in [-0.05, 0) is 54.6 Å². The zero-order chi connectivity index (χ0) is 14.5. The van der Waals surface area contributed by atoms with Crippen LogP contribution < -0.4 is 10.1 Å². The maximum atomic E-state index is 6.08. The van der Waals surface area contributed by atoms with E-state index in [9.17, 15) is 0 Å². The topological polar surface area (TPSA) is 39.1 Å². The molecule has 1 aromatic heterocycles. The normalized spacial score (nSPS) is 10.8. The smallest absolute Gasteiger partial charge is 0.222 e. The van der Waals surface area contributed by atoms with E-state index < -0.39 is 0 Å². The van der Waals surface area contributed by atoms with Crippen molar-refractivity contribution in [2.24, 2.45) is 7.05 Å². The van der Waals surface area contributed by atoms with E-state index in [-0.39, 0.29) is 0 Å². The fourth-order valence-corrected chi connectivity index (χ4v) is 2.53. The first kappa shape index (κ1) is 15.3. The number of aryl methyl sites for hydroxylation is 2. The maximum absolute atomic E-state index is 6.08. The molecule has 1 heterocycles. The second-order valence-electron chi connectivity index (χ2n) is 4.70. The Morgan fingerprint density at radius 1 is 1.35 bits per heavy atom. The summed E-state index contributed by atoms with van der Waals surface area (Å²) in [5, 5.41) is 7.88. The summed E-state index contributed by atoms with van der Waals surface area (Å²) in [6.45, 7) is 5.96. The third-order valence-electron chi connectivity index (χ3n) is 3.06. The Labute approximate surface area is 133 Å². The molecule has 0 aliphatic rings. The zero-order valence-electron chi connectivity index (χ0n) is 12.1. The average molecular weight is 385 g/mol. The highest BCUT2D eigenvalue weighted by Gasteiger charge is 2.15. The van der Waals surface area contributed by atoms with E-state index in [1.807, 2.05) is 38.2 Å². The summed E-state index contributed by atoms with van der Waals surface area (Å²) in [6.07, 6.45) is 1.12. The van der Waals surface area contributed by atoms with Gasteiger partial charge in [-0.3, -0.25) is 0 Å². The minimum absolute atomic E-state index is 0.784. The molecule has 0 saturated heterocycles. The van der Waals surface area contributed by atoms with Crippen molar-refractivity contribution < 1.29 is 4.74 Å². The van der Waals surface area contributed by atoms with Crippen LogP contribution in [0.1, 0.15) is 24.6 Å². The molecule has 0 bridgehead atoms. The Kier molecular flexibility index (Phi) is 5.42. The predicted molar refractivity (Wildman–Crippen MR) is 89.2 cm³/mol.